The van der Waals surface area contributed by atoms with Gasteiger partial charge in [0.15, 0.2) is 0 Å². The van der Waals surface area contributed by atoms with Crippen LogP contribution in [0.15, 0.2) is 158 Å². The second kappa shape index (κ2) is 11.0. The molecule has 0 aliphatic carbocycles. The van der Waals surface area contributed by atoms with Crippen molar-refractivity contribution >= 4 is 49.3 Å². The van der Waals surface area contributed by atoms with E-state index < -0.39 is 0 Å². The van der Waals surface area contributed by atoms with Crippen LogP contribution < -0.4 is 5.32 Å². The minimum atomic E-state index is 0.795. The Hall–Kier alpha value is -6.52. The topological polar surface area (TPSA) is 42.7 Å². The van der Waals surface area contributed by atoms with Crippen LogP contribution in [0, 0.1) is 0 Å². The molecule has 0 atom stereocenters. The predicted octanol–water partition coefficient (Wildman–Crippen LogP) is 11.0. The third-order valence-corrected chi connectivity index (χ3v) is 9.88. The molecule has 49 heavy (non-hydrogen) atoms. The number of hydrogen-bond acceptors (Lipinski definition) is 3. The summed E-state index contributed by atoms with van der Waals surface area (Å²) in [6.45, 7) is 0.795. The van der Waals surface area contributed by atoms with Crippen molar-refractivity contribution < 1.29 is 0 Å². The van der Waals surface area contributed by atoms with Crippen LogP contribution in [0.4, 0.5) is 0 Å². The minimum Gasteiger partial charge on any atom is -0.387 e. The smallest absolute Gasteiger partial charge is 0.138 e. The van der Waals surface area contributed by atoms with Crippen molar-refractivity contribution in [1.82, 2.24) is 19.9 Å². The van der Waals surface area contributed by atoms with Crippen molar-refractivity contribution in [2.45, 2.75) is 6.54 Å². The van der Waals surface area contributed by atoms with Gasteiger partial charge in [-0.25, -0.2) is 9.97 Å². The molecule has 4 heteroatoms. The molecule has 0 bridgehead atoms. The summed E-state index contributed by atoms with van der Waals surface area (Å²) in [5, 5.41) is 11.9. The highest BCUT2D eigenvalue weighted by Gasteiger charge is 2.21. The van der Waals surface area contributed by atoms with Crippen molar-refractivity contribution in [3.63, 3.8) is 0 Å². The molecule has 0 saturated carbocycles. The molecule has 0 fully saturated rings. The molecular weight excluding hydrogens is 597 g/mol. The SMILES string of the molecule is C1=Cc2c(c3ccccc3n2-c2cccc(-c3cccc(-c4c5ccccc5c(-c5cccc6ccccc56)c5ccccc45)n3)n2)CN1. The summed E-state index contributed by atoms with van der Waals surface area (Å²) in [7, 11) is 0. The first-order chi connectivity index (χ1) is 24.3. The number of rotatable bonds is 4. The molecule has 230 valence electrons. The van der Waals surface area contributed by atoms with Gasteiger partial charge in [0, 0.05) is 23.1 Å². The fraction of sp³-hybridized carbons (Fsp3) is 0.0222. The van der Waals surface area contributed by atoms with Crippen molar-refractivity contribution in [3.05, 3.63) is 169 Å². The van der Waals surface area contributed by atoms with E-state index in [0.29, 0.717) is 0 Å². The Kier molecular flexibility index (Phi) is 6.21. The molecule has 0 unspecified atom stereocenters. The zero-order valence-electron chi connectivity index (χ0n) is 26.6. The van der Waals surface area contributed by atoms with Crippen molar-refractivity contribution in [1.29, 1.82) is 0 Å². The summed E-state index contributed by atoms with van der Waals surface area (Å²) in [5.41, 5.74) is 9.84. The largest absolute Gasteiger partial charge is 0.387 e. The molecule has 4 nitrogen and oxygen atoms in total. The highest BCUT2D eigenvalue weighted by Crippen LogP contribution is 2.45. The van der Waals surface area contributed by atoms with Crippen LogP contribution in [-0.4, -0.2) is 14.5 Å². The highest BCUT2D eigenvalue weighted by atomic mass is 15.1. The van der Waals surface area contributed by atoms with Gasteiger partial charge in [-0.3, -0.25) is 4.57 Å². The Labute approximate surface area is 283 Å². The number of para-hydroxylation sites is 1. The van der Waals surface area contributed by atoms with E-state index in [1.54, 1.807) is 0 Å². The zero-order valence-corrected chi connectivity index (χ0v) is 26.6. The Bertz CT molecular complexity index is 2730. The summed E-state index contributed by atoms with van der Waals surface area (Å²) < 4.78 is 2.27. The number of pyridine rings is 2. The van der Waals surface area contributed by atoms with E-state index in [0.717, 1.165) is 46.2 Å². The Balaban J connectivity index is 1.17. The molecule has 10 rings (SSSR count). The lowest BCUT2D eigenvalue weighted by molar-refractivity contribution is 0.852. The Morgan fingerprint density at radius 1 is 0.469 bits per heavy atom. The van der Waals surface area contributed by atoms with Crippen LogP contribution in [0.1, 0.15) is 11.3 Å². The zero-order chi connectivity index (χ0) is 32.3. The van der Waals surface area contributed by atoms with E-state index >= 15 is 0 Å². The van der Waals surface area contributed by atoms with Gasteiger partial charge >= 0.3 is 0 Å². The molecule has 1 aliphatic heterocycles. The number of benzene rings is 6. The molecular formula is C45H30N4. The molecule has 1 N–H and O–H groups in total. The van der Waals surface area contributed by atoms with E-state index in [4.69, 9.17) is 9.97 Å². The molecule has 4 heterocycles. The average molecular weight is 627 g/mol. The summed E-state index contributed by atoms with van der Waals surface area (Å²) in [4.78, 5) is 10.6. The molecule has 9 aromatic rings. The molecule has 0 spiro atoms. The molecule has 6 aromatic carbocycles. The van der Waals surface area contributed by atoms with Crippen LogP contribution in [-0.2, 0) is 6.54 Å². The molecule has 1 aliphatic rings. The van der Waals surface area contributed by atoms with E-state index in [9.17, 15) is 0 Å². The van der Waals surface area contributed by atoms with E-state index in [1.807, 2.05) is 6.20 Å². The fourth-order valence-corrected chi connectivity index (χ4v) is 7.78. The number of nitrogens with zero attached hydrogens (tertiary/aromatic N) is 3. The lowest BCUT2D eigenvalue weighted by Crippen LogP contribution is -2.11. The number of aromatic nitrogens is 3. The molecule has 0 amide bonds. The number of nitrogens with one attached hydrogen (secondary N) is 1. The quantitative estimate of drug-likeness (QED) is 0.198. The normalized spacial score (nSPS) is 12.5. The maximum atomic E-state index is 5.34. The van der Waals surface area contributed by atoms with Crippen LogP contribution >= 0.6 is 0 Å². The van der Waals surface area contributed by atoms with Crippen LogP contribution in [0.3, 0.4) is 0 Å². The van der Waals surface area contributed by atoms with Gasteiger partial charge in [0.05, 0.1) is 28.3 Å². The maximum Gasteiger partial charge on any atom is 0.138 e. The number of fused-ring (bicyclic) bond motifs is 6. The second-order valence-corrected chi connectivity index (χ2v) is 12.6. The first kappa shape index (κ1) is 27.6. The van der Waals surface area contributed by atoms with Crippen LogP contribution in [0.2, 0.25) is 0 Å². The fourth-order valence-electron chi connectivity index (χ4n) is 7.78. The summed E-state index contributed by atoms with van der Waals surface area (Å²) in [5.74, 6) is 0.879. The molecule has 0 saturated heterocycles. The van der Waals surface area contributed by atoms with Gasteiger partial charge in [0.2, 0.25) is 0 Å². The second-order valence-electron chi connectivity index (χ2n) is 12.6. The van der Waals surface area contributed by atoms with Crippen molar-refractivity contribution in [3.8, 4) is 39.6 Å². The lowest BCUT2D eigenvalue weighted by Gasteiger charge is -2.18. The van der Waals surface area contributed by atoms with E-state index in [1.165, 1.54) is 54.4 Å². The van der Waals surface area contributed by atoms with Gasteiger partial charge < -0.3 is 5.32 Å². The van der Waals surface area contributed by atoms with Crippen LogP contribution in [0.5, 0.6) is 0 Å². The van der Waals surface area contributed by atoms with E-state index in [-0.39, 0.29) is 0 Å². The van der Waals surface area contributed by atoms with Gasteiger partial charge in [-0.1, -0.05) is 121 Å². The van der Waals surface area contributed by atoms with Gasteiger partial charge in [0.1, 0.15) is 5.82 Å². The molecule has 0 radical (unpaired) electrons. The van der Waals surface area contributed by atoms with Gasteiger partial charge in [0.25, 0.3) is 0 Å². The summed E-state index contributed by atoms with van der Waals surface area (Å²) >= 11 is 0. The standard InChI is InChI=1S/C45H30N4/c1-2-14-30-29(12-1)13-9-20-32(30)44-33-16-3-5-18-35(33)45(36-19-6-4-17-34(36)44)40-23-10-21-38(47-40)39-22-11-25-43(48-39)49-41-24-8-7-15-31(41)37-28-46-27-26-42(37)49/h1-27,46H,28H2. The predicted molar refractivity (Wildman–Crippen MR) is 204 cm³/mol. The average Bonchev–Trinajstić information content (AvgIpc) is 3.51. The van der Waals surface area contributed by atoms with Gasteiger partial charge in [-0.2, -0.15) is 0 Å². The highest BCUT2D eigenvalue weighted by molar-refractivity contribution is 6.23. The van der Waals surface area contributed by atoms with Crippen molar-refractivity contribution in [2.24, 2.45) is 0 Å². The van der Waals surface area contributed by atoms with Crippen LogP contribution in [0.25, 0.3) is 88.9 Å². The minimum absolute atomic E-state index is 0.795. The first-order valence-corrected chi connectivity index (χ1v) is 16.7. The summed E-state index contributed by atoms with van der Waals surface area (Å²) in [6, 6.07) is 53.9. The number of hydrogen-bond donors (Lipinski definition) is 1. The van der Waals surface area contributed by atoms with Gasteiger partial charge in [-0.15, -0.1) is 0 Å². The maximum absolute atomic E-state index is 5.34. The third kappa shape index (κ3) is 4.31. The summed E-state index contributed by atoms with van der Waals surface area (Å²) in [6.07, 6.45) is 4.16. The van der Waals surface area contributed by atoms with Gasteiger partial charge in [-0.05, 0) is 86.1 Å². The molecule has 3 aromatic heterocycles. The van der Waals surface area contributed by atoms with E-state index in [2.05, 4.69) is 168 Å². The lowest BCUT2D eigenvalue weighted by atomic mass is 9.85. The monoisotopic (exact) mass is 626 g/mol. The van der Waals surface area contributed by atoms with Crippen molar-refractivity contribution in [2.75, 3.05) is 0 Å². The third-order valence-electron chi connectivity index (χ3n) is 9.88. The Morgan fingerprint density at radius 2 is 1.04 bits per heavy atom. The first-order valence-electron chi connectivity index (χ1n) is 16.7. The Morgan fingerprint density at radius 3 is 1.82 bits per heavy atom.